The summed E-state index contributed by atoms with van der Waals surface area (Å²) >= 11 is 0. The van der Waals surface area contributed by atoms with E-state index in [1.165, 1.54) is 51.5 Å². The number of nitrogens with zero attached hydrogens (tertiary/aromatic N) is 1. The Morgan fingerprint density at radius 3 is 2.94 bits per heavy atom. The minimum atomic E-state index is 0.368. The van der Waals surface area contributed by atoms with Gasteiger partial charge in [-0.2, -0.15) is 0 Å². The fourth-order valence-corrected chi connectivity index (χ4v) is 4.88. The minimum absolute atomic E-state index is 0.368. The van der Waals surface area contributed by atoms with Gasteiger partial charge in [-0.1, -0.05) is 6.92 Å². The van der Waals surface area contributed by atoms with Crippen molar-refractivity contribution in [2.24, 2.45) is 17.3 Å². The molecular weight excluding hydrogens is 198 g/mol. The summed E-state index contributed by atoms with van der Waals surface area (Å²) in [5.74, 6) is 1.05. The van der Waals surface area contributed by atoms with E-state index >= 15 is 0 Å². The van der Waals surface area contributed by atoms with Gasteiger partial charge in [-0.05, 0) is 62.9 Å². The Hall–Kier alpha value is -0.370. The van der Waals surface area contributed by atoms with Crippen LogP contribution in [0.2, 0.25) is 0 Å². The summed E-state index contributed by atoms with van der Waals surface area (Å²) in [6.45, 7) is 4.90. The lowest BCUT2D eigenvalue weighted by atomic mass is 9.58. The first-order valence-electron chi connectivity index (χ1n) is 7.00. The van der Waals surface area contributed by atoms with Crippen molar-refractivity contribution < 1.29 is 4.79 Å². The minimum Gasteiger partial charge on any atom is -0.303 e. The summed E-state index contributed by atoms with van der Waals surface area (Å²) < 4.78 is 0. The molecular formula is C14H23NO. The standard InChI is InChI=1S/C14H23NO/c1-2-14-6-3-8-15-9-5-12(13(14)15)11(10-16)4-7-14/h10-13H,2-9H2,1H3/t11-,12-,13+,14+/m1/s1. The molecule has 1 aliphatic carbocycles. The second-order valence-electron chi connectivity index (χ2n) is 6.09. The number of piperidine rings is 1. The van der Waals surface area contributed by atoms with Crippen molar-refractivity contribution >= 4 is 6.29 Å². The highest BCUT2D eigenvalue weighted by molar-refractivity contribution is 5.55. The van der Waals surface area contributed by atoms with E-state index in [1.54, 1.807) is 0 Å². The van der Waals surface area contributed by atoms with Crippen molar-refractivity contribution in [2.45, 2.75) is 51.5 Å². The van der Waals surface area contributed by atoms with Crippen molar-refractivity contribution in [3.63, 3.8) is 0 Å². The number of aldehydes is 1. The first-order chi connectivity index (χ1) is 7.80. The van der Waals surface area contributed by atoms with E-state index < -0.39 is 0 Å². The molecule has 4 atom stereocenters. The molecule has 3 aliphatic rings. The monoisotopic (exact) mass is 221 g/mol. The number of hydrogen-bond donors (Lipinski definition) is 0. The van der Waals surface area contributed by atoms with Crippen LogP contribution in [0, 0.1) is 17.3 Å². The number of carbonyl (C=O) groups excluding carboxylic acids is 1. The van der Waals surface area contributed by atoms with E-state index in [1.807, 2.05) is 0 Å². The average Bonchev–Trinajstić information content (AvgIpc) is 2.76. The molecule has 0 bridgehead atoms. The lowest BCUT2D eigenvalue weighted by Gasteiger charge is -2.53. The van der Waals surface area contributed by atoms with Crippen LogP contribution >= 0.6 is 0 Å². The maximum absolute atomic E-state index is 11.2. The van der Waals surface area contributed by atoms with Crippen molar-refractivity contribution in [1.82, 2.24) is 4.90 Å². The van der Waals surface area contributed by atoms with Gasteiger partial charge in [0.25, 0.3) is 0 Å². The topological polar surface area (TPSA) is 20.3 Å². The van der Waals surface area contributed by atoms with E-state index in [-0.39, 0.29) is 0 Å². The highest BCUT2D eigenvalue weighted by atomic mass is 16.1. The van der Waals surface area contributed by atoms with Gasteiger partial charge in [0, 0.05) is 12.0 Å². The zero-order valence-electron chi connectivity index (χ0n) is 10.3. The van der Waals surface area contributed by atoms with Crippen LogP contribution in [0.15, 0.2) is 0 Å². The highest BCUT2D eigenvalue weighted by Gasteiger charge is 2.54. The summed E-state index contributed by atoms with van der Waals surface area (Å²) in [7, 11) is 0. The Bertz CT molecular complexity index is 290. The number of rotatable bonds is 2. The van der Waals surface area contributed by atoms with Crippen LogP contribution in [0.1, 0.15) is 45.4 Å². The zero-order chi connectivity index (χ0) is 11.2. The van der Waals surface area contributed by atoms with Crippen molar-refractivity contribution in [3.05, 3.63) is 0 Å². The van der Waals surface area contributed by atoms with Gasteiger partial charge in [-0.25, -0.2) is 0 Å². The smallest absolute Gasteiger partial charge is 0.123 e. The third-order valence-corrected chi connectivity index (χ3v) is 5.70. The van der Waals surface area contributed by atoms with Crippen molar-refractivity contribution in [1.29, 1.82) is 0 Å². The molecule has 2 heterocycles. The van der Waals surface area contributed by atoms with Gasteiger partial charge in [0.1, 0.15) is 6.29 Å². The Labute approximate surface area is 98.4 Å². The fraction of sp³-hybridized carbons (Fsp3) is 0.929. The summed E-state index contributed by atoms with van der Waals surface area (Å²) in [5, 5.41) is 0. The quantitative estimate of drug-likeness (QED) is 0.668. The Kier molecular flexibility index (Phi) is 2.58. The molecule has 2 heteroatoms. The van der Waals surface area contributed by atoms with Crippen molar-refractivity contribution in [3.8, 4) is 0 Å². The van der Waals surface area contributed by atoms with E-state index in [9.17, 15) is 4.79 Å². The molecule has 0 aromatic rings. The Balaban J connectivity index is 1.93. The second kappa shape index (κ2) is 3.83. The number of carbonyl (C=O) groups is 1. The lowest BCUT2D eigenvalue weighted by Crippen LogP contribution is -2.55. The molecule has 3 rings (SSSR count). The van der Waals surface area contributed by atoms with Crippen LogP contribution in [-0.4, -0.2) is 30.3 Å². The molecule has 0 aromatic carbocycles. The molecule has 0 amide bonds. The van der Waals surface area contributed by atoms with Crippen LogP contribution in [-0.2, 0) is 4.79 Å². The molecule has 2 nitrogen and oxygen atoms in total. The highest BCUT2D eigenvalue weighted by Crippen LogP contribution is 2.55. The molecule has 0 N–H and O–H groups in total. The molecule has 0 aromatic heterocycles. The van der Waals surface area contributed by atoms with Gasteiger partial charge in [0.2, 0.25) is 0 Å². The van der Waals surface area contributed by atoms with E-state index in [0.29, 0.717) is 17.3 Å². The first-order valence-corrected chi connectivity index (χ1v) is 7.00. The molecule has 90 valence electrons. The largest absolute Gasteiger partial charge is 0.303 e. The maximum Gasteiger partial charge on any atom is 0.123 e. The third kappa shape index (κ3) is 1.32. The average molecular weight is 221 g/mol. The fourth-order valence-electron chi connectivity index (χ4n) is 4.88. The van der Waals surface area contributed by atoms with Gasteiger partial charge in [0.05, 0.1) is 0 Å². The Morgan fingerprint density at radius 1 is 1.31 bits per heavy atom. The van der Waals surface area contributed by atoms with Gasteiger partial charge in [-0.15, -0.1) is 0 Å². The predicted octanol–water partition coefficient (Wildman–Crippen LogP) is 2.48. The van der Waals surface area contributed by atoms with Crippen LogP contribution < -0.4 is 0 Å². The molecule has 2 saturated heterocycles. The second-order valence-corrected chi connectivity index (χ2v) is 6.09. The van der Waals surface area contributed by atoms with E-state index in [4.69, 9.17) is 0 Å². The van der Waals surface area contributed by atoms with E-state index in [0.717, 1.165) is 12.5 Å². The van der Waals surface area contributed by atoms with Crippen molar-refractivity contribution in [2.75, 3.05) is 13.1 Å². The lowest BCUT2D eigenvalue weighted by molar-refractivity contribution is -0.117. The summed E-state index contributed by atoms with van der Waals surface area (Å²) in [5.41, 5.74) is 0.568. The van der Waals surface area contributed by atoms with Crippen LogP contribution in [0.5, 0.6) is 0 Å². The zero-order valence-corrected chi connectivity index (χ0v) is 10.3. The van der Waals surface area contributed by atoms with Gasteiger partial charge >= 0.3 is 0 Å². The first kappa shape index (κ1) is 10.8. The van der Waals surface area contributed by atoms with Gasteiger partial charge in [0.15, 0.2) is 0 Å². The van der Waals surface area contributed by atoms with Crippen LogP contribution in [0.25, 0.3) is 0 Å². The molecule has 1 saturated carbocycles. The summed E-state index contributed by atoms with van der Waals surface area (Å²) in [6.07, 6.45) is 9.08. The van der Waals surface area contributed by atoms with E-state index in [2.05, 4.69) is 11.8 Å². The SMILES string of the molecule is CC[C@@]12CCCN3CC[C@@H]([C@H]31)[C@@H](C=O)CC2. The van der Waals surface area contributed by atoms with Crippen LogP contribution in [0.3, 0.4) is 0 Å². The molecule has 16 heavy (non-hydrogen) atoms. The molecule has 0 radical (unpaired) electrons. The Morgan fingerprint density at radius 2 is 2.19 bits per heavy atom. The predicted molar refractivity (Wildman–Crippen MR) is 64.2 cm³/mol. The molecule has 0 unspecified atom stereocenters. The normalized spacial score (nSPS) is 47.7. The molecule has 2 aliphatic heterocycles. The summed E-state index contributed by atoms with van der Waals surface area (Å²) in [6, 6.07) is 0.746. The molecule has 3 fully saturated rings. The van der Waals surface area contributed by atoms with Gasteiger partial charge < -0.3 is 4.79 Å². The number of hydrogen-bond acceptors (Lipinski definition) is 2. The summed E-state index contributed by atoms with van der Waals surface area (Å²) in [4.78, 5) is 13.9. The maximum atomic E-state index is 11.2. The molecule has 0 spiro atoms. The van der Waals surface area contributed by atoms with Crippen LogP contribution in [0.4, 0.5) is 0 Å². The van der Waals surface area contributed by atoms with Gasteiger partial charge in [-0.3, -0.25) is 4.90 Å². The third-order valence-electron chi connectivity index (χ3n) is 5.70.